The third-order valence-corrected chi connectivity index (χ3v) is 3.28. The van der Waals surface area contributed by atoms with Gasteiger partial charge >= 0.3 is 0 Å². The van der Waals surface area contributed by atoms with Gasteiger partial charge in [0.25, 0.3) is 5.91 Å². The molecule has 0 atom stereocenters. The second-order valence-corrected chi connectivity index (χ2v) is 4.63. The van der Waals surface area contributed by atoms with E-state index in [0.29, 0.717) is 17.0 Å². The minimum atomic E-state index is -0.203. The van der Waals surface area contributed by atoms with E-state index in [1.54, 1.807) is 19.2 Å². The van der Waals surface area contributed by atoms with Gasteiger partial charge < -0.3 is 10.1 Å². The number of benzene rings is 3. The lowest BCUT2D eigenvalue weighted by Crippen LogP contribution is -2.12. The Balaban J connectivity index is 1.90. The van der Waals surface area contributed by atoms with Crippen molar-refractivity contribution in [2.24, 2.45) is 0 Å². The first-order valence-electron chi connectivity index (χ1n) is 6.63. The summed E-state index contributed by atoms with van der Waals surface area (Å²) in [6.45, 7) is 0. The van der Waals surface area contributed by atoms with E-state index in [1.807, 2.05) is 48.5 Å². The second-order valence-electron chi connectivity index (χ2n) is 4.63. The van der Waals surface area contributed by atoms with Crippen LogP contribution in [0.15, 0.2) is 60.7 Å². The molecule has 0 aliphatic heterocycles. The number of para-hydroxylation sites is 2. The van der Waals surface area contributed by atoms with Gasteiger partial charge in [-0.3, -0.25) is 4.79 Å². The highest BCUT2D eigenvalue weighted by molar-refractivity contribution is 6.06. The predicted molar refractivity (Wildman–Crippen MR) is 83.7 cm³/mol. The molecule has 0 aliphatic carbocycles. The SMILES string of the molecule is COc1ccccc1NC(=O)c1[c]cc2ccccc2c1. The molecule has 0 heterocycles. The number of nitrogens with one attached hydrogen (secondary N) is 1. The van der Waals surface area contributed by atoms with Gasteiger partial charge in [0.1, 0.15) is 5.75 Å². The van der Waals surface area contributed by atoms with E-state index in [4.69, 9.17) is 4.74 Å². The highest BCUT2D eigenvalue weighted by Gasteiger charge is 2.10. The van der Waals surface area contributed by atoms with Crippen LogP contribution in [-0.2, 0) is 0 Å². The Morgan fingerprint density at radius 1 is 1.05 bits per heavy atom. The van der Waals surface area contributed by atoms with Crippen LogP contribution in [0.3, 0.4) is 0 Å². The molecule has 21 heavy (non-hydrogen) atoms. The Bertz CT molecular complexity index is 796. The van der Waals surface area contributed by atoms with Crippen LogP contribution in [0.5, 0.6) is 5.75 Å². The topological polar surface area (TPSA) is 38.3 Å². The van der Waals surface area contributed by atoms with Gasteiger partial charge in [0.15, 0.2) is 0 Å². The summed E-state index contributed by atoms with van der Waals surface area (Å²) in [5, 5.41) is 4.92. The van der Waals surface area contributed by atoms with Gasteiger partial charge in [-0.25, -0.2) is 0 Å². The van der Waals surface area contributed by atoms with Gasteiger partial charge in [0, 0.05) is 5.56 Å². The summed E-state index contributed by atoms with van der Waals surface area (Å²) < 4.78 is 5.23. The molecule has 0 aromatic heterocycles. The minimum Gasteiger partial charge on any atom is -0.495 e. The van der Waals surface area contributed by atoms with Gasteiger partial charge in [-0.05, 0) is 41.1 Å². The molecule has 3 rings (SSSR count). The lowest BCUT2D eigenvalue weighted by atomic mass is 10.1. The Morgan fingerprint density at radius 3 is 2.57 bits per heavy atom. The zero-order chi connectivity index (χ0) is 14.7. The zero-order valence-electron chi connectivity index (χ0n) is 11.6. The molecule has 0 aliphatic rings. The van der Waals surface area contributed by atoms with E-state index in [0.717, 1.165) is 10.8 Å². The zero-order valence-corrected chi connectivity index (χ0v) is 11.6. The number of fused-ring (bicyclic) bond motifs is 1. The number of anilines is 1. The fraction of sp³-hybridized carbons (Fsp3) is 0.0556. The van der Waals surface area contributed by atoms with Crippen molar-refractivity contribution in [3.63, 3.8) is 0 Å². The first-order chi connectivity index (χ1) is 10.3. The summed E-state index contributed by atoms with van der Waals surface area (Å²) in [5.74, 6) is 0.428. The lowest BCUT2D eigenvalue weighted by Gasteiger charge is -2.10. The quantitative estimate of drug-likeness (QED) is 0.788. The molecule has 0 fully saturated rings. The number of hydrogen-bond donors (Lipinski definition) is 1. The summed E-state index contributed by atoms with van der Waals surface area (Å²) in [4.78, 5) is 12.3. The molecule has 3 heteroatoms. The molecule has 0 bridgehead atoms. The molecule has 3 aromatic carbocycles. The fourth-order valence-electron chi connectivity index (χ4n) is 2.20. The molecule has 0 spiro atoms. The van der Waals surface area contributed by atoms with E-state index in [1.165, 1.54) is 0 Å². The monoisotopic (exact) mass is 276 g/mol. The molecule has 0 saturated heterocycles. The van der Waals surface area contributed by atoms with Crippen LogP contribution in [0.25, 0.3) is 10.8 Å². The van der Waals surface area contributed by atoms with Crippen LogP contribution >= 0.6 is 0 Å². The van der Waals surface area contributed by atoms with Gasteiger partial charge in [0.2, 0.25) is 0 Å². The summed E-state index contributed by atoms with van der Waals surface area (Å²) in [5.41, 5.74) is 1.14. The maximum absolute atomic E-state index is 12.3. The van der Waals surface area contributed by atoms with E-state index >= 15 is 0 Å². The van der Waals surface area contributed by atoms with Crippen LogP contribution in [0.2, 0.25) is 0 Å². The van der Waals surface area contributed by atoms with Gasteiger partial charge in [-0.1, -0.05) is 36.4 Å². The maximum atomic E-state index is 12.3. The first-order valence-corrected chi connectivity index (χ1v) is 6.63. The van der Waals surface area contributed by atoms with Crippen LogP contribution < -0.4 is 10.1 Å². The fourth-order valence-corrected chi connectivity index (χ4v) is 2.20. The summed E-state index contributed by atoms with van der Waals surface area (Å²) in [7, 11) is 1.58. The highest BCUT2D eigenvalue weighted by Crippen LogP contribution is 2.24. The molecule has 0 saturated carbocycles. The van der Waals surface area contributed by atoms with Crippen LogP contribution in [0, 0.1) is 6.07 Å². The predicted octanol–water partition coefficient (Wildman–Crippen LogP) is 3.90. The van der Waals surface area contributed by atoms with Crippen LogP contribution in [-0.4, -0.2) is 13.0 Å². The van der Waals surface area contributed by atoms with Crippen molar-refractivity contribution in [1.82, 2.24) is 0 Å². The summed E-state index contributed by atoms with van der Waals surface area (Å²) >= 11 is 0. The molecule has 1 radical (unpaired) electrons. The summed E-state index contributed by atoms with van der Waals surface area (Å²) in [6.07, 6.45) is 0. The largest absolute Gasteiger partial charge is 0.495 e. The maximum Gasteiger partial charge on any atom is 0.256 e. The minimum absolute atomic E-state index is 0.203. The van der Waals surface area contributed by atoms with E-state index < -0.39 is 0 Å². The van der Waals surface area contributed by atoms with E-state index in [9.17, 15) is 4.79 Å². The van der Waals surface area contributed by atoms with Crippen LogP contribution in [0.4, 0.5) is 5.69 Å². The van der Waals surface area contributed by atoms with Gasteiger partial charge in [-0.15, -0.1) is 0 Å². The molecule has 1 amide bonds. The van der Waals surface area contributed by atoms with Crippen molar-refractivity contribution in [2.75, 3.05) is 12.4 Å². The van der Waals surface area contributed by atoms with Crippen molar-refractivity contribution in [2.45, 2.75) is 0 Å². The second kappa shape index (κ2) is 5.67. The molecule has 3 nitrogen and oxygen atoms in total. The number of methoxy groups -OCH3 is 1. The molecule has 3 aromatic rings. The average Bonchev–Trinajstić information content (AvgIpc) is 2.55. The molecule has 1 N–H and O–H groups in total. The van der Waals surface area contributed by atoms with Crippen molar-refractivity contribution >= 4 is 22.4 Å². The number of ether oxygens (including phenoxy) is 1. The Hall–Kier alpha value is -2.81. The lowest BCUT2D eigenvalue weighted by molar-refractivity contribution is 0.102. The Labute approximate surface area is 123 Å². The normalized spacial score (nSPS) is 10.3. The van der Waals surface area contributed by atoms with Crippen molar-refractivity contribution < 1.29 is 9.53 Å². The molecular formula is C18H14NO2. The van der Waals surface area contributed by atoms with Crippen molar-refractivity contribution in [3.05, 3.63) is 72.3 Å². The number of hydrogen-bond acceptors (Lipinski definition) is 2. The standard InChI is InChI=1S/C18H14NO2/c1-21-17-9-5-4-8-16(17)19-18(20)15-11-10-13-6-2-3-7-14(13)12-15/h2-10,12H,1H3,(H,19,20). The molecular weight excluding hydrogens is 262 g/mol. The first kappa shape index (κ1) is 13.2. The number of rotatable bonds is 3. The third-order valence-electron chi connectivity index (χ3n) is 3.28. The van der Waals surface area contributed by atoms with Gasteiger partial charge in [-0.2, -0.15) is 0 Å². The van der Waals surface area contributed by atoms with Crippen LogP contribution in [0.1, 0.15) is 10.4 Å². The number of carbonyl (C=O) groups excluding carboxylic acids is 1. The average molecular weight is 276 g/mol. The number of carbonyl (C=O) groups is 1. The van der Waals surface area contributed by atoms with E-state index in [-0.39, 0.29) is 5.91 Å². The molecule has 0 unspecified atom stereocenters. The summed E-state index contributed by atoms with van der Waals surface area (Å²) in [6, 6.07) is 21.9. The van der Waals surface area contributed by atoms with Gasteiger partial charge in [0.05, 0.1) is 12.8 Å². The third kappa shape index (κ3) is 2.72. The Kier molecular flexibility index (Phi) is 3.56. The molecule has 103 valence electrons. The van der Waals surface area contributed by atoms with E-state index in [2.05, 4.69) is 11.4 Å². The smallest absolute Gasteiger partial charge is 0.256 e. The van der Waals surface area contributed by atoms with Crippen molar-refractivity contribution in [3.8, 4) is 5.75 Å². The Morgan fingerprint density at radius 2 is 1.76 bits per heavy atom. The number of amides is 1. The van der Waals surface area contributed by atoms with Crippen molar-refractivity contribution in [1.29, 1.82) is 0 Å². The highest BCUT2D eigenvalue weighted by atomic mass is 16.5.